The number of aliphatic imine (C=N–C) groups is 1. The fourth-order valence-corrected chi connectivity index (χ4v) is 9.29. The molecule has 2 aromatic heterocycles. The molecule has 0 aliphatic carbocycles. The van der Waals surface area contributed by atoms with Gasteiger partial charge >= 0.3 is 0 Å². The van der Waals surface area contributed by atoms with Crippen molar-refractivity contribution in [1.29, 1.82) is 0 Å². The number of ether oxygens (including phenoxy) is 2. The van der Waals surface area contributed by atoms with Gasteiger partial charge < -0.3 is 31.6 Å². The van der Waals surface area contributed by atoms with Crippen LogP contribution < -0.4 is 26.8 Å². The molecule has 9 rings (SSSR count). The van der Waals surface area contributed by atoms with E-state index in [4.69, 9.17) is 37.5 Å². The van der Waals surface area contributed by atoms with Gasteiger partial charge in [-0.3, -0.25) is 4.90 Å². The summed E-state index contributed by atoms with van der Waals surface area (Å²) >= 11 is 8.03. The van der Waals surface area contributed by atoms with Crippen LogP contribution in [0.1, 0.15) is 36.8 Å². The highest BCUT2D eigenvalue weighted by Crippen LogP contribution is 2.50. The monoisotopic (exact) mass is 708 g/mol. The molecule has 2 saturated heterocycles. The van der Waals surface area contributed by atoms with Crippen molar-refractivity contribution in [3.8, 4) is 16.9 Å². The molecule has 5 aliphatic rings. The van der Waals surface area contributed by atoms with Crippen LogP contribution in [0.3, 0.4) is 0 Å². The summed E-state index contributed by atoms with van der Waals surface area (Å²) in [5.41, 5.74) is 13.8. The minimum Gasteiger partial charge on any atom is -0.463 e. The van der Waals surface area contributed by atoms with Gasteiger partial charge in [0.2, 0.25) is 0 Å². The van der Waals surface area contributed by atoms with Gasteiger partial charge in [-0.2, -0.15) is 0 Å². The zero-order chi connectivity index (χ0) is 33.6. The van der Waals surface area contributed by atoms with Crippen LogP contribution >= 0.6 is 22.9 Å². The summed E-state index contributed by atoms with van der Waals surface area (Å²) in [5, 5.41) is 7.16. The molecule has 254 valence electrons. The molecule has 0 radical (unpaired) electrons. The molecule has 10 nitrogen and oxygen atoms in total. The molecule has 3 bridgehead atoms. The number of nitrogens with two attached hydrogens (primary N) is 2. The van der Waals surface area contributed by atoms with Crippen LogP contribution in [0.4, 0.5) is 29.8 Å². The number of thiazole rings is 1. The number of pyridine rings is 1. The molecule has 7 heterocycles. The third-order valence-corrected chi connectivity index (χ3v) is 11.7. The Bertz CT molecular complexity index is 2090. The number of alkyl halides is 1. The molecule has 5 atom stereocenters. The second-order valence-electron chi connectivity index (χ2n) is 13.4. The third kappa shape index (κ3) is 4.97. The lowest BCUT2D eigenvalue weighted by Crippen LogP contribution is -2.50. The van der Waals surface area contributed by atoms with Crippen LogP contribution in [-0.4, -0.2) is 64.3 Å². The smallest absolute Gasteiger partial charge is 0.281 e. The first-order valence-corrected chi connectivity index (χ1v) is 17.5. The van der Waals surface area contributed by atoms with E-state index in [-0.39, 0.29) is 61.8 Å². The Labute approximate surface area is 288 Å². The van der Waals surface area contributed by atoms with Gasteiger partial charge in [0.25, 0.3) is 5.95 Å². The SMILES string of the molecule is Nc1nc2c(-c3c(F)c4c5c(c3Cl)N[C@H]3C[C@@H](NC5=N3)C(Cc3cccnc3N)/C=C(/OC[C@@]35CCCN3C[C@H](F)C5)O4)ccc(F)c2s1. The Morgan fingerprint density at radius 1 is 1.18 bits per heavy atom. The molecule has 2 fully saturated rings. The minimum atomic E-state index is -0.947. The number of nitrogens with one attached hydrogen (secondary N) is 2. The first-order chi connectivity index (χ1) is 23.7. The average Bonchev–Trinajstić information content (AvgIpc) is 3.75. The molecule has 5 aliphatic heterocycles. The maximum atomic E-state index is 17.2. The summed E-state index contributed by atoms with van der Waals surface area (Å²) < 4.78 is 60.0. The third-order valence-electron chi connectivity index (χ3n) is 10.4. The van der Waals surface area contributed by atoms with Gasteiger partial charge in [0, 0.05) is 54.7 Å². The zero-order valence-corrected chi connectivity index (χ0v) is 27.7. The molecular weight excluding hydrogens is 677 g/mol. The summed E-state index contributed by atoms with van der Waals surface area (Å²) in [6.07, 6.45) is 5.26. The van der Waals surface area contributed by atoms with Gasteiger partial charge in [-0.1, -0.05) is 29.0 Å². The first kappa shape index (κ1) is 30.8. The second kappa shape index (κ2) is 11.4. The molecule has 49 heavy (non-hydrogen) atoms. The number of hydrogen-bond acceptors (Lipinski definition) is 11. The molecule has 4 aromatic rings. The normalized spacial score (nSPS) is 28.0. The van der Waals surface area contributed by atoms with E-state index in [1.54, 1.807) is 6.20 Å². The Balaban J connectivity index is 1.20. The zero-order valence-electron chi connectivity index (χ0n) is 26.1. The van der Waals surface area contributed by atoms with Crippen molar-refractivity contribution >= 4 is 55.6 Å². The summed E-state index contributed by atoms with van der Waals surface area (Å²) in [4.78, 5) is 15.6. The lowest BCUT2D eigenvalue weighted by atomic mass is 9.87. The maximum Gasteiger partial charge on any atom is 0.281 e. The highest BCUT2D eigenvalue weighted by atomic mass is 35.5. The van der Waals surface area contributed by atoms with E-state index in [0.717, 1.165) is 36.3 Å². The van der Waals surface area contributed by atoms with Gasteiger partial charge in [0.15, 0.2) is 16.7 Å². The lowest BCUT2D eigenvalue weighted by molar-refractivity contribution is 0.0264. The van der Waals surface area contributed by atoms with Crippen molar-refractivity contribution < 1.29 is 22.6 Å². The maximum absolute atomic E-state index is 17.2. The molecular formula is C34H32ClF3N8O2S. The number of nitrogen functional groups attached to an aromatic ring is 2. The van der Waals surface area contributed by atoms with Crippen LogP contribution in [0.5, 0.6) is 5.75 Å². The van der Waals surface area contributed by atoms with Crippen LogP contribution in [0.15, 0.2) is 47.5 Å². The predicted molar refractivity (Wildman–Crippen MR) is 183 cm³/mol. The van der Waals surface area contributed by atoms with Crippen molar-refractivity contribution in [3.63, 3.8) is 0 Å². The Morgan fingerprint density at radius 3 is 2.92 bits per heavy atom. The molecule has 0 spiro atoms. The summed E-state index contributed by atoms with van der Waals surface area (Å²) in [7, 11) is 0. The highest BCUT2D eigenvalue weighted by Gasteiger charge is 2.50. The number of rotatable bonds is 6. The van der Waals surface area contributed by atoms with Gasteiger partial charge in [-0.05, 0) is 49.6 Å². The van der Waals surface area contributed by atoms with Gasteiger partial charge in [-0.25, -0.2) is 28.1 Å². The van der Waals surface area contributed by atoms with Crippen molar-refractivity contribution in [2.24, 2.45) is 10.9 Å². The first-order valence-electron chi connectivity index (χ1n) is 16.3. The number of fused-ring (bicyclic) bond motifs is 4. The highest BCUT2D eigenvalue weighted by molar-refractivity contribution is 7.22. The second-order valence-corrected chi connectivity index (χ2v) is 14.8. The Kier molecular flexibility index (Phi) is 7.15. The van der Waals surface area contributed by atoms with Crippen molar-refractivity contribution in [3.05, 3.63) is 70.3 Å². The largest absolute Gasteiger partial charge is 0.463 e. The topological polar surface area (TPSA) is 136 Å². The van der Waals surface area contributed by atoms with Crippen molar-refractivity contribution in [2.75, 3.05) is 36.5 Å². The van der Waals surface area contributed by atoms with E-state index in [1.807, 2.05) is 18.2 Å². The van der Waals surface area contributed by atoms with Crippen molar-refractivity contribution in [2.45, 2.75) is 56.0 Å². The molecule has 15 heteroatoms. The van der Waals surface area contributed by atoms with Crippen LogP contribution in [0, 0.1) is 17.6 Å². The van der Waals surface area contributed by atoms with E-state index in [1.165, 1.54) is 12.1 Å². The number of benzene rings is 2. The molecule has 1 unspecified atom stereocenters. The van der Waals surface area contributed by atoms with Gasteiger partial charge in [0.05, 0.1) is 32.0 Å². The van der Waals surface area contributed by atoms with Crippen LogP contribution in [0.25, 0.3) is 21.3 Å². The van der Waals surface area contributed by atoms with E-state index >= 15 is 4.39 Å². The Morgan fingerprint density at radius 2 is 2.06 bits per heavy atom. The van der Waals surface area contributed by atoms with Crippen LogP contribution in [-0.2, 0) is 11.2 Å². The van der Waals surface area contributed by atoms with Gasteiger partial charge in [0.1, 0.15) is 36.4 Å². The number of halogens is 4. The number of hydrogen-bond donors (Lipinski definition) is 4. The summed E-state index contributed by atoms with van der Waals surface area (Å²) in [5.74, 6) is -0.840. The number of anilines is 3. The predicted octanol–water partition coefficient (Wildman–Crippen LogP) is 6.00. The fourth-order valence-electron chi connectivity index (χ4n) is 8.19. The summed E-state index contributed by atoms with van der Waals surface area (Å²) in [6, 6.07) is 6.25. The number of aromatic nitrogens is 2. The molecule has 6 N–H and O–H groups in total. The number of amidine groups is 1. The van der Waals surface area contributed by atoms with E-state index < -0.39 is 29.5 Å². The molecule has 0 saturated carbocycles. The average molecular weight is 709 g/mol. The fraction of sp³-hybridized carbons (Fsp3) is 0.382. The number of nitrogens with zero attached hydrogens (tertiary/aromatic N) is 4. The standard InChI is InChI=1S/C34H32ClF3N8O2S/c35-25-23(18-4-5-19(37)30-27(18)45-33(40)49-30)26(38)29-24-28(25)43-21-11-20(42-32(24)44-21)16(9-15-3-1-7-41-31(15)39)10-22(48-29)47-14-34-6-2-8-46(34)13-17(36)12-34/h1,3-5,7,10,16-17,20-21,43H,2,6,8-9,11-14H2,(H2,39,41)(H2,40,45)(H,42,44)/b22-10-/t16?,17-,20-,21-,34+/m1/s1. The Hall–Kier alpha value is -4.27. The van der Waals surface area contributed by atoms with E-state index in [0.29, 0.717) is 48.7 Å². The minimum absolute atomic E-state index is 0.0229. The molecule has 2 aromatic carbocycles. The van der Waals surface area contributed by atoms with Crippen molar-refractivity contribution in [1.82, 2.24) is 20.2 Å². The lowest BCUT2D eigenvalue weighted by Gasteiger charge is -2.38. The quantitative estimate of drug-likeness (QED) is 0.190. The van der Waals surface area contributed by atoms with E-state index in [2.05, 4.69) is 25.5 Å². The van der Waals surface area contributed by atoms with Gasteiger partial charge in [-0.15, -0.1) is 0 Å². The summed E-state index contributed by atoms with van der Waals surface area (Å²) in [6.45, 7) is 1.32. The van der Waals surface area contributed by atoms with E-state index in [9.17, 15) is 8.78 Å². The molecule has 0 amide bonds. The van der Waals surface area contributed by atoms with Crippen LogP contribution in [0.2, 0.25) is 5.02 Å².